The van der Waals surface area contributed by atoms with E-state index in [9.17, 15) is 14.7 Å². The van der Waals surface area contributed by atoms with Gasteiger partial charge >= 0.3 is 11.7 Å². The first-order chi connectivity index (χ1) is 15.7. The van der Waals surface area contributed by atoms with Crippen LogP contribution in [0.15, 0.2) is 53.3 Å². The predicted molar refractivity (Wildman–Crippen MR) is 134 cm³/mol. The van der Waals surface area contributed by atoms with Gasteiger partial charge in [0.25, 0.3) is 0 Å². The fraction of sp³-hybridized carbons (Fsp3) is 0.429. The van der Waals surface area contributed by atoms with E-state index in [1.54, 1.807) is 12.1 Å². The summed E-state index contributed by atoms with van der Waals surface area (Å²) >= 11 is 0. The summed E-state index contributed by atoms with van der Waals surface area (Å²) in [6.45, 7) is 12.1. The quantitative estimate of drug-likeness (QED) is 0.413. The zero-order valence-corrected chi connectivity index (χ0v) is 20.5. The summed E-state index contributed by atoms with van der Waals surface area (Å²) < 4.78 is 3.87. The summed E-state index contributed by atoms with van der Waals surface area (Å²) in [6, 6.07) is 14.9. The van der Waals surface area contributed by atoms with E-state index in [0.29, 0.717) is 23.9 Å². The average molecular weight is 449 g/mol. The highest BCUT2D eigenvalue weighted by atomic mass is 16.4. The lowest BCUT2D eigenvalue weighted by molar-refractivity contribution is 0.0697. The number of carboxylic acids is 1. The Balaban J connectivity index is 1.93. The first-order valence-electron chi connectivity index (χ1n) is 11.9. The Morgan fingerprint density at radius 3 is 2.15 bits per heavy atom. The van der Waals surface area contributed by atoms with Crippen LogP contribution in [0.4, 0.5) is 0 Å². The van der Waals surface area contributed by atoms with Gasteiger partial charge in [-0.2, -0.15) is 0 Å². The number of carbonyl (C=O) groups is 1. The van der Waals surface area contributed by atoms with E-state index in [2.05, 4.69) is 34.6 Å². The maximum absolute atomic E-state index is 13.3. The van der Waals surface area contributed by atoms with Gasteiger partial charge in [-0.15, -0.1) is 0 Å². The number of carboxylic acid groups (broad SMARTS) is 1. The van der Waals surface area contributed by atoms with Crippen LogP contribution in [0.1, 0.15) is 67.8 Å². The highest BCUT2D eigenvalue weighted by Crippen LogP contribution is 2.25. The van der Waals surface area contributed by atoms with Gasteiger partial charge in [0.1, 0.15) is 0 Å². The molecular formula is C28H36N2O3. The molecule has 5 nitrogen and oxygen atoms in total. The van der Waals surface area contributed by atoms with Gasteiger partial charge in [-0.25, -0.2) is 9.59 Å². The van der Waals surface area contributed by atoms with Gasteiger partial charge in [0.05, 0.1) is 12.1 Å². The summed E-state index contributed by atoms with van der Waals surface area (Å²) in [5, 5.41) is 9.49. The minimum Gasteiger partial charge on any atom is -0.478 e. The molecule has 5 heteroatoms. The Bertz CT molecular complexity index is 1150. The van der Waals surface area contributed by atoms with Crippen molar-refractivity contribution >= 4 is 5.97 Å². The van der Waals surface area contributed by atoms with Crippen molar-refractivity contribution in [2.75, 3.05) is 0 Å². The summed E-state index contributed by atoms with van der Waals surface area (Å²) in [6.07, 6.45) is 2.91. The molecule has 0 bridgehead atoms. The van der Waals surface area contributed by atoms with Gasteiger partial charge in [0, 0.05) is 17.9 Å². The molecule has 1 aromatic heterocycles. The zero-order valence-electron chi connectivity index (χ0n) is 20.5. The molecule has 0 fully saturated rings. The molecule has 1 heterocycles. The Hall–Kier alpha value is -3.08. The van der Waals surface area contributed by atoms with Crippen molar-refractivity contribution in [1.82, 2.24) is 9.13 Å². The van der Waals surface area contributed by atoms with E-state index in [-0.39, 0.29) is 11.3 Å². The number of imidazole rings is 1. The largest absolute Gasteiger partial charge is 0.478 e. The number of hydrogen-bond acceptors (Lipinski definition) is 2. The second-order valence-electron chi connectivity index (χ2n) is 9.72. The maximum atomic E-state index is 13.3. The molecule has 0 radical (unpaired) electrons. The third-order valence-corrected chi connectivity index (χ3v) is 6.26. The molecule has 1 N–H and O–H groups in total. The molecular weight excluding hydrogens is 412 g/mol. The van der Waals surface area contributed by atoms with Gasteiger partial charge in [-0.05, 0) is 60.8 Å². The number of benzene rings is 2. The first-order valence-corrected chi connectivity index (χ1v) is 11.9. The van der Waals surface area contributed by atoms with Gasteiger partial charge in [0.2, 0.25) is 0 Å². The normalized spacial score (nSPS) is 11.5. The summed E-state index contributed by atoms with van der Waals surface area (Å²) in [4.78, 5) is 24.9. The number of hydrogen-bond donors (Lipinski definition) is 1. The Morgan fingerprint density at radius 2 is 1.55 bits per heavy atom. The minimum atomic E-state index is -0.936. The standard InChI is InChI=1S/C28H36N2O3/c1-19(2)10-15-26-21(5)29(17-16-20(3)4)28(33)30(26)18-22-11-13-23(14-12-22)24-8-6-7-9-25(24)27(31)32/h6-9,11-14,19-20H,10,15-18H2,1-5H3,(H,31,32). The topological polar surface area (TPSA) is 64.2 Å². The van der Waals surface area contributed by atoms with Crippen LogP contribution in [0.3, 0.4) is 0 Å². The lowest BCUT2D eigenvalue weighted by atomic mass is 9.98. The Labute approximate surface area is 196 Å². The van der Waals surface area contributed by atoms with Crippen molar-refractivity contribution < 1.29 is 9.90 Å². The molecule has 3 aromatic rings. The van der Waals surface area contributed by atoms with Crippen LogP contribution in [0.25, 0.3) is 11.1 Å². The fourth-order valence-electron chi connectivity index (χ4n) is 4.20. The lowest BCUT2D eigenvalue weighted by Crippen LogP contribution is -2.26. The summed E-state index contributed by atoms with van der Waals surface area (Å²) in [7, 11) is 0. The van der Waals surface area contributed by atoms with Crippen molar-refractivity contribution in [3.8, 4) is 11.1 Å². The number of nitrogens with zero attached hydrogens (tertiary/aromatic N) is 2. The molecule has 0 aliphatic carbocycles. The molecule has 33 heavy (non-hydrogen) atoms. The van der Waals surface area contributed by atoms with Crippen LogP contribution in [0, 0.1) is 18.8 Å². The van der Waals surface area contributed by atoms with E-state index in [0.717, 1.165) is 48.3 Å². The molecule has 0 atom stereocenters. The summed E-state index contributed by atoms with van der Waals surface area (Å²) in [5.41, 5.74) is 5.13. The van der Waals surface area contributed by atoms with Crippen LogP contribution >= 0.6 is 0 Å². The molecule has 0 spiro atoms. The van der Waals surface area contributed by atoms with Crippen molar-refractivity contribution in [2.24, 2.45) is 11.8 Å². The molecule has 0 aliphatic heterocycles. The average Bonchev–Trinajstić information content (AvgIpc) is 2.99. The first kappa shape index (κ1) is 24.6. The minimum absolute atomic E-state index is 0.0622. The van der Waals surface area contributed by atoms with Gasteiger partial charge in [0.15, 0.2) is 0 Å². The molecule has 3 rings (SSSR count). The molecule has 0 unspecified atom stereocenters. The molecule has 176 valence electrons. The van der Waals surface area contributed by atoms with E-state index in [4.69, 9.17) is 0 Å². The second kappa shape index (κ2) is 10.7. The van der Waals surface area contributed by atoms with Crippen LogP contribution in [-0.4, -0.2) is 20.2 Å². The third kappa shape index (κ3) is 5.84. The molecule has 0 saturated heterocycles. The molecule has 0 amide bonds. The number of aromatic nitrogens is 2. The van der Waals surface area contributed by atoms with Crippen molar-refractivity contribution in [3.05, 3.63) is 81.5 Å². The fourth-order valence-corrected chi connectivity index (χ4v) is 4.20. The van der Waals surface area contributed by atoms with Crippen LogP contribution < -0.4 is 5.69 Å². The maximum Gasteiger partial charge on any atom is 0.336 e. The van der Waals surface area contributed by atoms with E-state index >= 15 is 0 Å². The van der Waals surface area contributed by atoms with Gasteiger partial charge in [-0.1, -0.05) is 70.2 Å². The highest BCUT2D eigenvalue weighted by Gasteiger charge is 2.18. The third-order valence-electron chi connectivity index (χ3n) is 6.26. The lowest BCUT2D eigenvalue weighted by Gasteiger charge is -2.11. The van der Waals surface area contributed by atoms with Crippen molar-refractivity contribution in [3.63, 3.8) is 0 Å². The molecule has 0 aliphatic rings. The number of aromatic carboxylic acids is 1. The Kier molecular flexibility index (Phi) is 7.96. The predicted octanol–water partition coefficient (Wildman–Crippen LogP) is 6.01. The SMILES string of the molecule is Cc1c(CCC(C)C)n(Cc2ccc(-c3ccccc3C(=O)O)cc2)c(=O)n1CCC(C)C. The van der Waals surface area contributed by atoms with Crippen LogP contribution in [0.2, 0.25) is 0 Å². The smallest absolute Gasteiger partial charge is 0.336 e. The van der Waals surface area contributed by atoms with E-state index < -0.39 is 5.97 Å². The number of rotatable bonds is 10. The van der Waals surface area contributed by atoms with Crippen molar-refractivity contribution in [1.29, 1.82) is 0 Å². The van der Waals surface area contributed by atoms with Crippen LogP contribution in [0.5, 0.6) is 0 Å². The molecule has 0 saturated carbocycles. The second-order valence-corrected chi connectivity index (χ2v) is 9.72. The Morgan fingerprint density at radius 1 is 0.909 bits per heavy atom. The molecule has 2 aromatic carbocycles. The van der Waals surface area contributed by atoms with E-state index in [1.165, 1.54) is 0 Å². The monoisotopic (exact) mass is 448 g/mol. The van der Waals surface area contributed by atoms with E-state index in [1.807, 2.05) is 45.5 Å². The van der Waals surface area contributed by atoms with Crippen LogP contribution in [-0.2, 0) is 19.5 Å². The van der Waals surface area contributed by atoms with Gasteiger partial charge in [-0.3, -0.25) is 9.13 Å². The summed E-state index contributed by atoms with van der Waals surface area (Å²) in [5.74, 6) is 0.176. The van der Waals surface area contributed by atoms with Crippen molar-refractivity contribution in [2.45, 2.75) is 67.0 Å². The zero-order chi connectivity index (χ0) is 24.1. The highest BCUT2D eigenvalue weighted by molar-refractivity contribution is 5.95. The van der Waals surface area contributed by atoms with Gasteiger partial charge < -0.3 is 5.11 Å².